The van der Waals surface area contributed by atoms with E-state index in [0.29, 0.717) is 0 Å². The summed E-state index contributed by atoms with van der Waals surface area (Å²) in [6, 6.07) is 15.4. The van der Waals surface area contributed by atoms with E-state index >= 15 is 0 Å². The monoisotopic (exact) mass is 437 g/mol. The number of guanidine groups is 1. The third-order valence-electron chi connectivity index (χ3n) is 7.03. The number of benzene rings is 2. The molecule has 2 saturated heterocycles. The predicted molar refractivity (Wildman–Crippen MR) is 133 cm³/mol. The van der Waals surface area contributed by atoms with Crippen LogP contribution in [0.15, 0.2) is 47.5 Å². The second kappa shape index (κ2) is 11.6. The highest BCUT2D eigenvalue weighted by molar-refractivity contribution is 5.85. The summed E-state index contributed by atoms with van der Waals surface area (Å²) in [6.07, 6.45) is 2.51. The van der Waals surface area contributed by atoms with Crippen LogP contribution in [0.4, 0.5) is 0 Å². The van der Waals surface area contributed by atoms with Gasteiger partial charge in [0.25, 0.3) is 0 Å². The Bertz CT molecular complexity index is 864. The van der Waals surface area contributed by atoms with Gasteiger partial charge in [-0.25, -0.2) is 0 Å². The van der Waals surface area contributed by atoms with Gasteiger partial charge in [0.1, 0.15) is 0 Å². The molecule has 6 heteroatoms. The number of aliphatic imine (C=N–C) groups is 1. The molecule has 1 N–H and O–H groups in total. The Kier molecular flexibility index (Phi) is 8.37. The molecule has 2 fully saturated rings. The van der Waals surface area contributed by atoms with Crippen molar-refractivity contribution in [3.8, 4) is 0 Å². The summed E-state index contributed by atoms with van der Waals surface area (Å²) in [5.74, 6) is 1.80. The molecule has 2 aliphatic heterocycles. The predicted octanol–water partition coefficient (Wildman–Crippen LogP) is 2.89. The van der Waals surface area contributed by atoms with Gasteiger partial charge < -0.3 is 19.9 Å². The molecule has 0 aromatic heterocycles. The lowest BCUT2D eigenvalue weighted by Gasteiger charge is -2.37. The molecular weight excluding hydrogens is 398 g/mol. The summed E-state index contributed by atoms with van der Waals surface area (Å²) < 4.78 is 5.21. The maximum Gasteiger partial charge on any atom is 0.193 e. The topological polar surface area (TPSA) is 43.3 Å². The Morgan fingerprint density at radius 3 is 2.47 bits per heavy atom. The van der Waals surface area contributed by atoms with Gasteiger partial charge in [-0.05, 0) is 48.2 Å². The van der Waals surface area contributed by atoms with Gasteiger partial charge in [-0.3, -0.25) is 9.89 Å². The van der Waals surface area contributed by atoms with Crippen LogP contribution in [-0.4, -0.2) is 93.8 Å². The molecule has 0 saturated carbocycles. The molecule has 0 atom stereocenters. The van der Waals surface area contributed by atoms with Gasteiger partial charge in [0.05, 0.1) is 6.61 Å². The van der Waals surface area contributed by atoms with E-state index in [1.54, 1.807) is 7.11 Å². The van der Waals surface area contributed by atoms with Crippen molar-refractivity contribution in [1.29, 1.82) is 0 Å². The maximum atomic E-state index is 5.21. The zero-order valence-electron chi connectivity index (χ0n) is 19.8. The van der Waals surface area contributed by atoms with Crippen molar-refractivity contribution in [3.05, 3.63) is 48.0 Å². The van der Waals surface area contributed by atoms with Gasteiger partial charge >= 0.3 is 0 Å². The largest absolute Gasteiger partial charge is 0.383 e. The molecule has 32 heavy (non-hydrogen) atoms. The van der Waals surface area contributed by atoms with Crippen LogP contribution in [0.5, 0.6) is 0 Å². The second-order valence-corrected chi connectivity index (χ2v) is 9.11. The van der Waals surface area contributed by atoms with Gasteiger partial charge in [-0.2, -0.15) is 0 Å². The first-order valence-electron chi connectivity index (χ1n) is 12.1. The highest BCUT2D eigenvalue weighted by atomic mass is 16.5. The molecule has 4 rings (SSSR count). The van der Waals surface area contributed by atoms with Crippen molar-refractivity contribution < 1.29 is 4.74 Å². The Balaban J connectivity index is 1.22. The van der Waals surface area contributed by atoms with Crippen LogP contribution < -0.4 is 5.32 Å². The van der Waals surface area contributed by atoms with Crippen LogP contribution in [0, 0.1) is 5.92 Å². The number of fused-ring (bicyclic) bond motifs is 1. The van der Waals surface area contributed by atoms with E-state index in [0.717, 1.165) is 64.3 Å². The Morgan fingerprint density at radius 1 is 0.969 bits per heavy atom. The minimum Gasteiger partial charge on any atom is -0.383 e. The lowest BCUT2D eigenvalue weighted by molar-refractivity contribution is 0.120. The fourth-order valence-electron chi connectivity index (χ4n) is 4.99. The molecule has 6 nitrogen and oxygen atoms in total. The zero-order chi connectivity index (χ0) is 22.2. The molecule has 2 heterocycles. The summed E-state index contributed by atoms with van der Waals surface area (Å²) in [7, 11) is 3.70. The fourth-order valence-corrected chi connectivity index (χ4v) is 4.99. The van der Waals surface area contributed by atoms with Crippen molar-refractivity contribution >= 4 is 16.7 Å². The van der Waals surface area contributed by atoms with Crippen molar-refractivity contribution in [3.63, 3.8) is 0 Å². The normalized spacial score (nSPS) is 19.6. The van der Waals surface area contributed by atoms with Gasteiger partial charge in [-0.15, -0.1) is 0 Å². The number of hydrogen-bond donors (Lipinski definition) is 1. The number of rotatable bonds is 7. The highest BCUT2D eigenvalue weighted by Gasteiger charge is 2.22. The SMILES string of the molecule is CN=C(NCC1CCN(CCOC)CC1)N1CCN(Cc2cccc3ccccc23)CC1. The van der Waals surface area contributed by atoms with E-state index in [2.05, 4.69) is 67.5 Å². The van der Waals surface area contributed by atoms with Crippen LogP contribution in [-0.2, 0) is 11.3 Å². The smallest absolute Gasteiger partial charge is 0.193 e. The summed E-state index contributed by atoms with van der Waals surface area (Å²) in [5, 5.41) is 6.38. The van der Waals surface area contributed by atoms with Crippen molar-refractivity contribution in [1.82, 2.24) is 20.0 Å². The third kappa shape index (κ3) is 6.00. The number of hydrogen-bond acceptors (Lipinski definition) is 4. The minimum absolute atomic E-state index is 0.734. The number of piperidine rings is 1. The van der Waals surface area contributed by atoms with Crippen LogP contribution >= 0.6 is 0 Å². The Hall–Kier alpha value is -2.15. The van der Waals surface area contributed by atoms with E-state index in [-0.39, 0.29) is 0 Å². The van der Waals surface area contributed by atoms with Crippen LogP contribution in [0.2, 0.25) is 0 Å². The molecule has 0 bridgehead atoms. The molecular formula is C26H39N5O. The number of likely N-dealkylation sites (tertiary alicyclic amines) is 1. The van der Waals surface area contributed by atoms with Crippen molar-refractivity contribution in [2.75, 3.05) is 73.1 Å². The number of nitrogens with one attached hydrogen (secondary N) is 1. The van der Waals surface area contributed by atoms with Crippen LogP contribution in [0.25, 0.3) is 10.8 Å². The van der Waals surface area contributed by atoms with E-state index in [1.165, 1.54) is 42.3 Å². The first-order valence-corrected chi connectivity index (χ1v) is 12.1. The van der Waals surface area contributed by atoms with E-state index < -0.39 is 0 Å². The molecule has 0 spiro atoms. The second-order valence-electron chi connectivity index (χ2n) is 9.11. The standard InChI is InChI=1S/C26H39N5O/c1-27-26(28-20-22-10-12-29(13-11-22)18-19-32-2)31-16-14-30(15-17-31)21-24-8-5-7-23-6-3-4-9-25(23)24/h3-9,22H,10-21H2,1-2H3,(H,27,28). The van der Waals surface area contributed by atoms with E-state index in [9.17, 15) is 0 Å². The number of ether oxygens (including phenoxy) is 1. The average molecular weight is 438 g/mol. The molecule has 2 aliphatic rings. The first-order chi connectivity index (χ1) is 15.8. The maximum absolute atomic E-state index is 5.21. The van der Waals surface area contributed by atoms with E-state index in [4.69, 9.17) is 4.74 Å². The summed E-state index contributed by atoms with van der Waals surface area (Å²) >= 11 is 0. The Labute approximate surface area is 193 Å². The molecule has 0 radical (unpaired) electrons. The van der Waals surface area contributed by atoms with Gasteiger partial charge in [0.2, 0.25) is 0 Å². The fraction of sp³-hybridized carbons (Fsp3) is 0.577. The van der Waals surface area contributed by atoms with Crippen molar-refractivity contribution in [2.45, 2.75) is 19.4 Å². The highest BCUT2D eigenvalue weighted by Crippen LogP contribution is 2.21. The number of nitrogens with zero attached hydrogens (tertiary/aromatic N) is 4. The summed E-state index contributed by atoms with van der Waals surface area (Å²) in [5.41, 5.74) is 1.43. The summed E-state index contributed by atoms with van der Waals surface area (Å²) in [4.78, 5) is 12.1. The lowest BCUT2D eigenvalue weighted by Crippen LogP contribution is -2.53. The first kappa shape index (κ1) is 23.0. The molecule has 0 unspecified atom stereocenters. The van der Waals surface area contributed by atoms with Crippen LogP contribution in [0.1, 0.15) is 18.4 Å². The summed E-state index contributed by atoms with van der Waals surface area (Å²) in [6.45, 7) is 10.5. The average Bonchev–Trinajstić information content (AvgIpc) is 2.85. The number of piperazine rings is 1. The molecule has 2 aromatic carbocycles. The van der Waals surface area contributed by atoms with E-state index in [1.807, 2.05) is 7.05 Å². The van der Waals surface area contributed by atoms with Gasteiger partial charge in [0, 0.05) is 60.0 Å². The molecule has 0 amide bonds. The molecule has 0 aliphatic carbocycles. The quantitative estimate of drug-likeness (QED) is 0.533. The van der Waals surface area contributed by atoms with Gasteiger partial charge in [0.15, 0.2) is 5.96 Å². The third-order valence-corrected chi connectivity index (χ3v) is 7.03. The lowest BCUT2D eigenvalue weighted by atomic mass is 9.97. The van der Waals surface area contributed by atoms with Crippen molar-refractivity contribution in [2.24, 2.45) is 10.9 Å². The Morgan fingerprint density at radius 2 is 1.72 bits per heavy atom. The number of methoxy groups -OCH3 is 1. The van der Waals surface area contributed by atoms with Crippen LogP contribution in [0.3, 0.4) is 0 Å². The zero-order valence-corrected chi connectivity index (χ0v) is 19.8. The molecule has 174 valence electrons. The minimum atomic E-state index is 0.734. The molecule has 2 aromatic rings. The van der Waals surface area contributed by atoms with Gasteiger partial charge in [-0.1, -0.05) is 42.5 Å².